The first-order valence-electron chi connectivity index (χ1n) is 6.94. The van der Waals surface area contributed by atoms with E-state index >= 15 is 0 Å². The third-order valence-electron chi connectivity index (χ3n) is 4.13. The topological polar surface area (TPSA) is 69.6 Å². The van der Waals surface area contributed by atoms with Gasteiger partial charge in [-0.3, -0.25) is 0 Å². The summed E-state index contributed by atoms with van der Waals surface area (Å²) in [6, 6.07) is -0.690. The maximum absolute atomic E-state index is 12.1. The Morgan fingerprint density at radius 3 is 2.72 bits per heavy atom. The van der Waals surface area contributed by atoms with Crippen LogP contribution in [0.15, 0.2) is 0 Å². The second kappa shape index (κ2) is 5.59. The van der Waals surface area contributed by atoms with Crippen molar-refractivity contribution in [3.05, 3.63) is 0 Å². The van der Waals surface area contributed by atoms with E-state index in [-0.39, 0.29) is 12.1 Å². The van der Waals surface area contributed by atoms with Crippen LogP contribution in [-0.2, 0) is 4.79 Å². The Bertz CT molecular complexity index is 332. The number of nitrogens with one attached hydrogen (secondary N) is 1. The molecule has 1 saturated heterocycles. The first kappa shape index (κ1) is 13.2. The van der Waals surface area contributed by atoms with Crippen molar-refractivity contribution in [1.29, 1.82) is 0 Å². The van der Waals surface area contributed by atoms with Crippen molar-refractivity contribution in [2.45, 2.75) is 57.5 Å². The minimum Gasteiger partial charge on any atom is -0.480 e. The molecule has 5 nitrogen and oxygen atoms in total. The number of carbonyl (C=O) groups excluding carboxylic acids is 1. The van der Waals surface area contributed by atoms with Crippen LogP contribution in [0.2, 0.25) is 0 Å². The van der Waals surface area contributed by atoms with Crippen LogP contribution in [0.25, 0.3) is 0 Å². The lowest BCUT2D eigenvalue weighted by atomic mass is 9.85. The Balaban J connectivity index is 2.11. The van der Waals surface area contributed by atoms with Gasteiger partial charge in [0.25, 0.3) is 0 Å². The second-order valence-electron chi connectivity index (χ2n) is 5.34. The van der Waals surface area contributed by atoms with Crippen LogP contribution in [0.5, 0.6) is 0 Å². The summed E-state index contributed by atoms with van der Waals surface area (Å²) in [5, 5.41) is 12.1. The van der Waals surface area contributed by atoms with Crippen LogP contribution >= 0.6 is 0 Å². The van der Waals surface area contributed by atoms with Gasteiger partial charge in [0.1, 0.15) is 6.04 Å². The van der Waals surface area contributed by atoms with Gasteiger partial charge < -0.3 is 15.3 Å². The summed E-state index contributed by atoms with van der Waals surface area (Å²) in [5.74, 6) is -0.483. The largest absolute Gasteiger partial charge is 0.480 e. The Labute approximate surface area is 108 Å². The monoisotopic (exact) mass is 254 g/mol. The number of fused-ring (bicyclic) bond motifs is 1. The molecule has 1 aliphatic heterocycles. The number of amides is 2. The van der Waals surface area contributed by atoms with E-state index in [2.05, 4.69) is 5.32 Å². The third kappa shape index (κ3) is 2.44. The van der Waals surface area contributed by atoms with E-state index in [1.807, 2.05) is 6.92 Å². The summed E-state index contributed by atoms with van der Waals surface area (Å²) in [5.41, 5.74) is 0. The number of urea groups is 1. The molecule has 2 aliphatic rings. The van der Waals surface area contributed by atoms with E-state index in [0.29, 0.717) is 18.9 Å². The zero-order valence-electron chi connectivity index (χ0n) is 10.9. The van der Waals surface area contributed by atoms with E-state index in [1.54, 1.807) is 4.90 Å². The molecule has 0 spiro atoms. The highest BCUT2D eigenvalue weighted by atomic mass is 16.4. The fraction of sp³-hybridized carbons (Fsp3) is 0.846. The zero-order valence-corrected chi connectivity index (χ0v) is 10.9. The molecule has 1 saturated carbocycles. The molecular weight excluding hydrogens is 232 g/mol. The van der Waals surface area contributed by atoms with E-state index < -0.39 is 12.0 Å². The summed E-state index contributed by atoms with van der Waals surface area (Å²) in [6.07, 6.45) is 5.77. The van der Waals surface area contributed by atoms with E-state index in [0.717, 1.165) is 32.1 Å². The molecule has 102 valence electrons. The summed E-state index contributed by atoms with van der Waals surface area (Å²) >= 11 is 0. The standard InChI is InChI=1S/C13H22N2O3/c1-2-7-14-13(18)15-10-6-4-3-5-9(10)8-11(15)12(16)17/h9-11H,2-8H2,1H3,(H,14,18)(H,16,17). The normalized spacial score (nSPS) is 30.9. The minimum atomic E-state index is -0.865. The van der Waals surface area contributed by atoms with Gasteiger partial charge in [0.05, 0.1) is 0 Å². The number of hydrogen-bond acceptors (Lipinski definition) is 2. The van der Waals surface area contributed by atoms with Crippen molar-refractivity contribution < 1.29 is 14.7 Å². The second-order valence-corrected chi connectivity index (χ2v) is 5.34. The molecule has 5 heteroatoms. The third-order valence-corrected chi connectivity index (χ3v) is 4.13. The average Bonchev–Trinajstić information content (AvgIpc) is 2.75. The van der Waals surface area contributed by atoms with Gasteiger partial charge >= 0.3 is 12.0 Å². The minimum absolute atomic E-state index is 0.136. The SMILES string of the molecule is CCCNC(=O)N1C(C(=O)O)CC2CCCCC21. The molecule has 1 aliphatic carbocycles. The van der Waals surface area contributed by atoms with Crippen LogP contribution in [0.3, 0.4) is 0 Å². The van der Waals surface area contributed by atoms with Crippen LogP contribution in [0, 0.1) is 5.92 Å². The van der Waals surface area contributed by atoms with Crippen molar-refractivity contribution in [1.82, 2.24) is 10.2 Å². The Morgan fingerprint density at radius 1 is 1.33 bits per heavy atom. The molecule has 18 heavy (non-hydrogen) atoms. The van der Waals surface area contributed by atoms with E-state index in [9.17, 15) is 14.7 Å². The average molecular weight is 254 g/mol. The highest BCUT2D eigenvalue weighted by molar-refractivity contribution is 5.83. The molecule has 3 unspecified atom stereocenters. The predicted molar refractivity (Wildman–Crippen MR) is 67.3 cm³/mol. The Kier molecular flexibility index (Phi) is 4.09. The molecule has 2 rings (SSSR count). The number of carboxylic acids is 1. The summed E-state index contributed by atoms with van der Waals surface area (Å²) < 4.78 is 0. The number of carboxylic acid groups (broad SMARTS) is 1. The molecule has 0 radical (unpaired) electrons. The lowest BCUT2D eigenvalue weighted by Crippen LogP contribution is -2.50. The summed E-state index contributed by atoms with van der Waals surface area (Å²) in [7, 11) is 0. The van der Waals surface area contributed by atoms with Gasteiger partial charge in [-0.2, -0.15) is 0 Å². The van der Waals surface area contributed by atoms with Crippen LogP contribution < -0.4 is 5.32 Å². The molecule has 2 fully saturated rings. The van der Waals surface area contributed by atoms with E-state index in [4.69, 9.17) is 0 Å². The van der Waals surface area contributed by atoms with Crippen molar-refractivity contribution >= 4 is 12.0 Å². The number of hydrogen-bond donors (Lipinski definition) is 2. The van der Waals surface area contributed by atoms with Gasteiger partial charge in [0, 0.05) is 12.6 Å². The maximum Gasteiger partial charge on any atom is 0.326 e. The number of likely N-dealkylation sites (tertiary alicyclic amines) is 1. The van der Waals surface area contributed by atoms with Crippen molar-refractivity contribution in [2.24, 2.45) is 5.92 Å². The quantitative estimate of drug-likeness (QED) is 0.807. The lowest BCUT2D eigenvalue weighted by Gasteiger charge is -2.32. The van der Waals surface area contributed by atoms with Crippen molar-refractivity contribution in [3.63, 3.8) is 0 Å². The molecule has 2 amide bonds. The molecular formula is C13H22N2O3. The van der Waals surface area contributed by atoms with Gasteiger partial charge in [0.15, 0.2) is 0 Å². The number of nitrogens with zero attached hydrogens (tertiary/aromatic N) is 1. The number of aliphatic carboxylic acids is 1. The first-order chi connectivity index (χ1) is 8.65. The zero-order chi connectivity index (χ0) is 13.1. The number of carbonyl (C=O) groups is 2. The highest BCUT2D eigenvalue weighted by Gasteiger charge is 2.47. The lowest BCUT2D eigenvalue weighted by molar-refractivity contribution is -0.141. The number of rotatable bonds is 3. The van der Waals surface area contributed by atoms with Crippen molar-refractivity contribution in [2.75, 3.05) is 6.54 Å². The Hall–Kier alpha value is -1.26. The smallest absolute Gasteiger partial charge is 0.326 e. The van der Waals surface area contributed by atoms with Crippen molar-refractivity contribution in [3.8, 4) is 0 Å². The highest BCUT2D eigenvalue weighted by Crippen LogP contribution is 2.39. The van der Waals surface area contributed by atoms with Gasteiger partial charge in [-0.25, -0.2) is 9.59 Å². The van der Waals surface area contributed by atoms with Gasteiger partial charge in [-0.05, 0) is 31.6 Å². The van der Waals surface area contributed by atoms with Crippen LogP contribution in [0.4, 0.5) is 4.79 Å². The molecule has 2 N–H and O–H groups in total. The molecule has 3 atom stereocenters. The van der Waals surface area contributed by atoms with Gasteiger partial charge in [-0.15, -0.1) is 0 Å². The molecule has 0 aromatic rings. The molecule has 0 bridgehead atoms. The molecule has 0 aromatic carbocycles. The fourth-order valence-electron chi connectivity index (χ4n) is 3.30. The van der Waals surface area contributed by atoms with Gasteiger partial charge in [0.2, 0.25) is 0 Å². The predicted octanol–water partition coefficient (Wildman–Crippen LogP) is 1.82. The summed E-state index contributed by atoms with van der Waals surface area (Å²) in [4.78, 5) is 25.0. The van der Waals surface area contributed by atoms with Crippen LogP contribution in [-0.4, -0.2) is 40.6 Å². The Morgan fingerprint density at radius 2 is 2.06 bits per heavy atom. The fourth-order valence-corrected chi connectivity index (χ4v) is 3.30. The summed E-state index contributed by atoms with van der Waals surface area (Å²) in [6.45, 7) is 2.60. The van der Waals surface area contributed by atoms with Gasteiger partial charge in [-0.1, -0.05) is 19.8 Å². The molecule has 0 aromatic heterocycles. The van der Waals surface area contributed by atoms with E-state index in [1.165, 1.54) is 0 Å². The van der Waals surface area contributed by atoms with Crippen LogP contribution in [0.1, 0.15) is 45.4 Å². The molecule has 1 heterocycles. The maximum atomic E-state index is 12.1. The first-order valence-corrected chi connectivity index (χ1v) is 6.94.